The van der Waals surface area contributed by atoms with Gasteiger partial charge in [0.25, 0.3) is 0 Å². The van der Waals surface area contributed by atoms with Crippen LogP contribution in [0.2, 0.25) is 0 Å². The predicted octanol–water partition coefficient (Wildman–Crippen LogP) is 6.62. The minimum atomic E-state index is -0.629. The normalized spacial score (nSPS) is 10.8. The molecular weight excluding hydrogens is 540 g/mol. The number of rotatable bonds is 7. The third kappa shape index (κ3) is 6.00. The third-order valence-electron chi connectivity index (χ3n) is 5.66. The van der Waals surface area contributed by atoms with E-state index in [1.807, 2.05) is 23.9 Å². The fourth-order valence-corrected chi connectivity index (χ4v) is 5.15. The van der Waals surface area contributed by atoms with Gasteiger partial charge in [-0.15, -0.1) is 11.3 Å². The number of halogens is 2. The molecule has 0 saturated heterocycles. The van der Waals surface area contributed by atoms with Crippen LogP contribution < -0.4 is 15.4 Å². The Labute approximate surface area is 231 Å². The first kappa shape index (κ1) is 26.1. The van der Waals surface area contributed by atoms with Crippen LogP contribution >= 0.6 is 23.6 Å². The van der Waals surface area contributed by atoms with E-state index in [1.165, 1.54) is 23.5 Å². The highest BCUT2D eigenvalue weighted by atomic mass is 32.1. The Balaban J connectivity index is 1.25. The number of fused-ring (bicyclic) bond motifs is 1. The molecule has 0 spiro atoms. The Morgan fingerprint density at radius 3 is 2.72 bits per heavy atom. The molecule has 7 nitrogen and oxygen atoms in total. The minimum absolute atomic E-state index is 0.0128. The zero-order valence-corrected chi connectivity index (χ0v) is 22.2. The van der Waals surface area contributed by atoms with Crippen LogP contribution in [0.5, 0.6) is 11.5 Å². The number of carbonyl (C=O) groups excluding carboxylic acids is 1. The smallest absolute Gasteiger partial charge is 0.230 e. The van der Waals surface area contributed by atoms with E-state index >= 15 is 0 Å². The number of amides is 1. The molecule has 0 radical (unpaired) electrons. The average Bonchev–Trinajstić information content (AvgIpc) is 3.52. The van der Waals surface area contributed by atoms with E-state index in [1.54, 1.807) is 48.9 Å². The molecule has 5 aromatic rings. The molecule has 0 unspecified atom stereocenters. The van der Waals surface area contributed by atoms with Crippen LogP contribution in [-0.4, -0.2) is 25.6 Å². The zero-order valence-electron chi connectivity index (χ0n) is 20.6. The summed E-state index contributed by atoms with van der Waals surface area (Å²) in [6.45, 7) is 3.29. The molecule has 0 saturated carbocycles. The van der Waals surface area contributed by atoms with Gasteiger partial charge in [0.05, 0.1) is 33.5 Å². The number of ether oxygens (including phenoxy) is 1. The van der Waals surface area contributed by atoms with Crippen molar-refractivity contribution in [3.05, 3.63) is 96.8 Å². The Kier molecular flexibility index (Phi) is 7.44. The second kappa shape index (κ2) is 11.1. The lowest BCUT2D eigenvalue weighted by Gasteiger charge is -2.12. The number of nitrogens with one attached hydrogen (secondary N) is 2. The Hall–Kier alpha value is -4.48. The van der Waals surface area contributed by atoms with Crippen molar-refractivity contribution in [2.45, 2.75) is 6.42 Å². The van der Waals surface area contributed by atoms with Crippen molar-refractivity contribution >= 4 is 56.3 Å². The maximum atomic E-state index is 15.0. The van der Waals surface area contributed by atoms with Crippen LogP contribution in [0, 0.1) is 5.82 Å². The molecule has 3 heterocycles. The number of aromatic nitrogens is 3. The van der Waals surface area contributed by atoms with Gasteiger partial charge in [0.15, 0.2) is 16.7 Å². The van der Waals surface area contributed by atoms with Gasteiger partial charge in [0, 0.05) is 42.8 Å². The Bertz CT molecular complexity index is 1730. The molecule has 3 aromatic heterocycles. The summed E-state index contributed by atoms with van der Waals surface area (Å²) in [6.07, 6.45) is 5.12. The fraction of sp³-hybridized carbons (Fsp3) is 0.0714. The van der Waals surface area contributed by atoms with Crippen molar-refractivity contribution in [3.63, 3.8) is 0 Å². The molecule has 0 bridgehead atoms. The van der Waals surface area contributed by atoms with Gasteiger partial charge in [-0.2, -0.15) is 0 Å². The molecule has 39 heavy (non-hydrogen) atoms. The number of hydrogen-bond acceptors (Lipinski definition) is 6. The number of pyridine rings is 1. The number of thiocarbonyl (C=S) groups is 1. The van der Waals surface area contributed by atoms with Gasteiger partial charge in [-0.25, -0.2) is 13.8 Å². The van der Waals surface area contributed by atoms with E-state index in [0.29, 0.717) is 17.0 Å². The third-order valence-corrected chi connectivity index (χ3v) is 7.02. The number of carbonyl (C=O) groups is 1. The van der Waals surface area contributed by atoms with Crippen LogP contribution in [-0.2, 0) is 18.3 Å². The summed E-state index contributed by atoms with van der Waals surface area (Å²) in [6, 6.07) is 14.4. The molecule has 1 amide bonds. The molecule has 0 aliphatic heterocycles. The summed E-state index contributed by atoms with van der Waals surface area (Å²) >= 11 is 6.64. The van der Waals surface area contributed by atoms with Gasteiger partial charge in [-0.3, -0.25) is 9.78 Å². The van der Waals surface area contributed by atoms with E-state index in [4.69, 9.17) is 17.0 Å². The van der Waals surface area contributed by atoms with Gasteiger partial charge in [0.1, 0.15) is 11.6 Å². The zero-order chi connectivity index (χ0) is 27.5. The molecule has 5 rings (SSSR count). The second-order valence-electron chi connectivity index (χ2n) is 8.55. The largest absolute Gasteiger partial charge is 0.453 e. The summed E-state index contributed by atoms with van der Waals surface area (Å²) in [5.74, 6) is -1.23. The summed E-state index contributed by atoms with van der Waals surface area (Å²) in [5.41, 5.74) is 2.58. The second-order valence-corrected chi connectivity index (χ2v) is 10.0. The summed E-state index contributed by atoms with van der Waals surface area (Å²) < 4.78 is 37.1. The standard InChI is InChI=1S/C28H21F2N5O2S2/c1-16(29)19-6-4-3-5-17(19)11-26(36)34-28(38)33-18-7-8-23(20(30)12-18)37-24-9-10-31-21-13-25(39-27(21)24)22-14-35(2)15-32-22/h3-10,12-15H,1,11H2,2H3,(H2,33,34,36,38). The van der Waals surface area contributed by atoms with E-state index < -0.39 is 17.6 Å². The number of nitrogens with zero attached hydrogens (tertiary/aromatic N) is 3. The molecule has 0 atom stereocenters. The Morgan fingerprint density at radius 1 is 1.15 bits per heavy atom. The van der Waals surface area contributed by atoms with Gasteiger partial charge < -0.3 is 19.9 Å². The van der Waals surface area contributed by atoms with E-state index in [2.05, 4.69) is 27.2 Å². The number of hydrogen-bond donors (Lipinski definition) is 2. The van der Waals surface area contributed by atoms with E-state index in [9.17, 15) is 13.6 Å². The van der Waals surface area contributed by atoms with E-state index in [0.717, 1.165) is 20.8 Å². The minimum Gasteiger partial charge on any atom is -0.453 e. The fourth-order valence-electron chi connectivity index (χ4n) is 3.89. The molecule has 2 N–H and O–H groups in total. The lowest BCUT2D eigenvalue weighted by molar-refractivity contribution is -0.119. The van der Waals surface area contributed by atoms with Crippen LogP contribution in [0.25, 0.3) is 26.6 Å². The van der Waals surface area contributed by atoms with Gasteiger partial charge in [-0.05, 0) is 36.0 Å². The lowest BCUT2D eigenvalue weighted by atomic mass is 10.0. The number of imidazole rings is 1. The first-order valence-electron chi connectivity index (χ1n) is 11.6. The topological polar surface area (TPSA) is 81.1 Å². The van der Waals surface area contributed by atoms with Gasteiger partial charge in [0.2, 0.25) is 5.91 Å². The van der Waals surface area contributed by atoms with Crippen molar-refractivity contribution < 1.29 is 18.3 Å². The van der Waals surface area contributed by atoms with Crippen molar-refractivity contribution in [1.29, 1.82) is 0 Å². The van der Waals surface area contributed by atoms with Crippen LogP contribution in [0.15, 0.2) is 79.9 Å². The Morgan fingerprint density at radius 2 is 1.97 bits per heavy atom. The summed E-state index contributed by atoms with van der Waals surface area (Å²) in [4.78, 5) is 22.1. The maximum absolute atomic E-state index is 15.0. The summed E-state index contributed by atoms with van der Waals surface area (Å²) in [5, 5.41) is 5.27. The van der Waals surface area contributed by atoms with Crippen molar-refractivity contribution in [3.8, 4) is 22.1 Å². The number of thiophene rings is 1. The molecule has 2 aromatic carbocycles. The highest BCUT2D eigenvalue weighted by molar-refractivity contribution is 7.80. The first-order valence-corrected chi connectivity index (χ1v) is 12.9. The monoisotopic (exact) mass is 561 g/mol. The van der Waals surface area contributed by atoms with Crippen molar-refractivity contribution in [1.82, 2.24) is 19.9 Å². The van der Waals surface area contributed by atoms with Crippen LogP contribution in [0.3, 0.4) is 0 Å². The molecule has 0 fully saturated rings. The number of aryl methyl sites for hydroxylation is 1. The van der Waals surface area contributed by atoms with Gasteiger partial charge >= 0.3 is 0 Å². The molecular formula is C28H21F2N5O2S2. The van der Waals surface area contributed by atoms with Crippen molar-refractivity contribution in [2.75, 3.05) is 5.32 Å². The van der Waals surface area contributed by atoms with Gasteiger partial charge in [-0.1, -0.05) is 30.8 Å². The SMILES string of the molecule is C=C(F)c1ccccc1CC(=O)NC(=S)Nc1ccc(Oc2ccnc3cc(-c4cn(C)cn4)sc23)c(F)c1. The highest BCUT2D eigenvalue weighted by Crippen LogP contribution is 2.39. The van der Waals surface area contributed by atoms with Crippen LogP contribution in [0.1, 0.15) is 11.1 Å². The predicted molar refractivity (Wildman–Crippen MR) is 153 cm³/mol. The highest BCUT2D eigenvalue weighted by Gasteiger charge is 2.15. The first-order chi connectivity index (χ1) is 18.8. The number of benzene rings is 2. The molecule has 0 aliphatic carbocycles. The quantitative estimate of drug-likeness (QED) is 0.217. The van der Waals surface area contributed by atoms with Crippen LogP contribution in [0.4, 0.5) is 14.5 Å². The average molecular weight is 562 g/mol. The lowest BCUT2D eigenvalue weighted by Crippen LogP contribution is -2.35. The molecule has 0 aliphatic rings. The summed E-state index contributed by atoms with van der Waals surface area (Å²) in [7, 11) is 1.89. The van der Waals surface area contributed by atoms with E-state index in [-0.39, 0.29) is 22.8 Å². The number of anilines is 1. The molecule has 196 valence electrons. The molecule has 11 heteroatoms. The maximum Gasteiger partial charge on any atom is 0.230 e. The van der Waals surface area contributed by atoms with Crippen molar-refractivity contribution in [2.24, 2.45) is 7.05 Å².